The Kier molecular flexibility index (Phi) is 14.5. The van der Waals surface area contributed by atoms with E-state index in [-0.39, 0.29) is 0 Å². The van der Waals surface area contributed by atoms with Gasteiger partial charge in [-0.05, 0) is 49.7 Å². The Hall–Kier alpha value is -1.44. The molecule has 1 rings (SSSR count). The van der Waals surface area contributed by atoms with Crippen LogP contribution in [-0.4, -0.2) is 12.7 Å². The van der Waals surface area contributed by atoms with Crippen LogP contribution in [0.2, 0.25) is 0 Å². The van der Waals surface area contributed by atoms with E-state index in [0.717, 1.165) is 25.2 Å². The molecule has 0 N–H and O–H groups in total. The molecule has 0 spiro atoms. The van der Waals surface area contributed by atoms with Gasteiger partial charge in [0.05, 0.1) is 19.0 Å². The molecule has 1 aromatic rings. The van der Waals surface area contributed by atoms with Crippen molar-refractivity contribution in [1.29, 1.82) is 0 Å². The van der Waals surface area contributed by atoms with E-state index < -0.39 is 0 Å². The minimum atomic E-state index is 0.295. The molecule has 2 heteroatoms. The average Bonchev–Trinajstić information content (AvgIpc) is 2.72. The van der Waals surface area contributed by atoms with Gasteiger partial charge in [0.2, 0.25) is 0 Å². The van der Waals surface area contributed by atoms with Crippen molar-refractivity contribution in [3.05, 3.63) is 43.2 Å². The third-order valence-electron chi connectivity index (χ3n) is 5.72. The summed E-state index contributed by atoms with van der Waals surface area (Å²) in [5.41, 5.74) is 0. The summed E-state index contributed by atoms with van der Waals surface area (Å²) in [5.74, 6) is 2.13. The SMILES string of the molecule is C=COC(CCCCC)CC(CCCCCCC)C(C)COc1ccccc1. The minimum Gasteiger partial charge on any atom is -0.499 e. The van der Waals surface area contributed by atoms with Crippen molar-refractivity contribution in [2.45, 2.75) is 97.5 Å². The smallest absolute Gasteiger partial charge is 0.119 e. The normalized spacial score (nSPS) is 14.2. The maximum atomic E-state index is 6.07. The summed E-state index contributed by atoms with van der Waals surface area (Å²) in [6, 6.07) is 10.2. The molecule has 0 bridgehead atoms. The molecule has 3 unspecified atom stereocenters. The first-order chi connectivity index (χ1) is 13.7. The zero-order valence-corrected chi connectivity index (χ0v) is 18.7. The predicted molar refractivity (Wildman–Crippen MR) is 122 cm³/mol. The molecule has 28 heavy (non-hydrogen) atoms. The van der Waals surface area contributed by atoms with Crippen molar-refractivity contribution in [2.24, 2.45) is 11.8 Å². The van der Waals surface area contributed by atoms with Crippen molar-refractivity contribution in [3.63, 3.8) is 0 Å². The zero-order valence-electron chi connectivity index (χ0n) is 18.7. The van der Waals surface area contributed by atoms with Crippen LogP contribution < -0.4 is 4.74 Å². The van der Waals surface area contributed by atoms with E-state index in [2.05, 4.69) is 27.4 Å². The Bertz CT molecular complexity index is 471. The molecule has 2 nitrogen and oxygen atoms in total. The fourth-order valence-corrected chi connectivity index (χ4v) is 3.86. The molecule has 0 saturated carbocycles. The number of unbranched alkanes of at least 4 members (excludes halogenated alkanes) is 6. The first kappa shape index (κ1) is 24.6. The highest BCUT2D eigenvalue weighted by molar-refractivity contribution is 5.20. The van der Waals surface area contributed by atoms with E-state index in [4.69, 9.17) is 9.47 Å². The molecule has 0 aliphatic rings. The van der Waals surface area contributed by atoms with Crippen molar-refractivity contribution < 1.29 is 9.47 Å². The highest BCUT2D eigenvalue weighted by Gasteiger charge is 2.23. The van der Waals surface area contributed by atoms with Crippen molar-refractivity contribution in [3.8, 4) is 5.75 Å². The van der Waals surface area contributed by atoms with Crippen LogP contribution in [0.5, 0.6) is 5.75 Å². The number of rotatable bonds is 18. The molecule has 0 amide bonds. The molecular weight excluding hydrogens is 344 g/mol. The Morgan fingerprint density at radius 3 is 2.21 bits per heavy atom. The average molecular weight is 389 g/mol. The van der Waals surface area contributed by atoms with E-state index in [1.54, 1.807) is 6.26 Å². The molecule has 0 aliphatic heterocycles. The number of benzene rings is 1. The lowest BCUT2D eigenvalue weighted by atomic mass is 9.84. The van der Waals surface area contributed by atoms with Gasteiger partial charge in [-0.3, -0.25) is 0 Å². The third kappa shape index (κ3) is 11.4. The molecule has 160 valence electrons. The number of hydrogen-bond acceptors (Lipinski definition) is 2. The summed E-state index contributed by atoms with van der Waals surface area (Å²) in [6.45, 7) is 11.5. The molecule has 0 saturated heterocycles. The number of hydrogen-bond donors (Lipinski definition) is 0. The van der Waals surface area contributed by atoms with Gasteiger partial charge in [0.25, 0.3) is 0 Å². The second-order valence-electron chi connectivity index (χ2n) is 8.22. The summed E-state index contributed by atoms with van der Waals surface area (Å²) >= 11 is 0. The van der Waals surface area contributed by atoms with Crippen LogP contribution in [0.4, 0.5) is 0 Å². The summed E-state index contributed by atoms with van der Waals surface area (Å²) in [7, 11) is 0. The van der Waals surface area contributed by atoms with Gasteiger partial charge in [-0.2, -0.15) is 0 Å². The zero-order chi connectivity index (χ0) is 20.5. The Morgan fingerprint density at radius 2 is 1.54 bits per heavy atom. The van der Waals surface area contributed by atoms with Crippen molar-refractivity contribution >= 4 is 0 Å². The van der Waals surface area contributed by atoms with Gasteiger partial charge in [0, 0.05) is 0 Å². The lowest BCUT2D eigenvalue weighted by Gasteiger charge is -2.28. The first-order valence-electron chi connectivity index (χ1n) is 11.6. The maximum absolute atomic E-state index is 6.07. The Labute approximate surface area is 174 Å². The van der Waals surface area contributed by atoms with Crippen molar-refractivity contribution in [1.82, 2.24) is 0 Å². The summed E-state index contributed by atoms with van der Waals surface area (Å²) in [4.78, 5) is 0. The lowest BCUT2D eigenvalue weighted by molar-refractivity contribution is 0.0817. The van der Waals surface area contributed by atoms with Crippen molar-refractivity contribution in [2.75, 3.05) is 6.61 Å². The monoisotopic (exact) mass is 388 g/mol. The van der Waals surface area contributed by atoms with Gasteiger partial charge in [-0.1, -0.05) is 90.5 Å². The van der Waals surface area contributed by atoms with E-state index >= 15 is 0 Å². The van der Waals surface area contributed by atoms with E-state index in [0.29, 0.717) is 17.9 Å². The molecule has 1 aromatic carbocycles. The highest BCUT2D eigenvalue weighted by Crippen LogP contribution is 2.28. The van der Waals surface area contributed by atoms with E-state index in [1.165, 1.54) is 57.8 Å². The van der Waals surface area contributed by atoms with Gasteiger partial charge in [-0.25, -0.2) is 0 Å². The lowest BCUT2D eigenvalue weighted by Crippen LogP contribution is -2.25. The number of ether oxygens (including phenoxy) is 2. The fraction of sp³-hybridized carbons (Fsp3) is 0.692. The van der Waals surface area contributed by atoms with Gasteiger partial charge >= 0.3 is 0 Å². The van der Waals surface area contributed by atoms with Gasteiger partial charge in [-0.15, -0.1) is 0 Å². The Balaban J connectivity index is 2.59. The topological polar surface area (TPSA) is 18.5 Å². The fourth-order valence-electron chi connectivity index (χ4n) is 3.86. The quantitative estimate of drug-likeness (QED) is 0.186. The molecule has 0 aromatic heterocycles. The Morgan fingerprint density at radius 1 is 0.893 bits per heavy atom. The van der Waals surface area contributed by atoms with Crippen LogP contribution in [-0.2, 0) is 4.74 Å². The van der Waals surface area contributed by atoms with Crippen LogP contribution >= 0.6 is 0 Å². The largest absolute Gasteiger partial charge is 0.499 e. The summed E-state index contributed by atoms with van der Waals surface area (Å²) in [5, 5.41) is 0. The van der Waals surface area contributed by atoms with Gasteiger partial charge in [0.1, 0.15) is 5.75 Å². The van der Waals surface area contributed by atoms with Gasteiger partial charge < -0.3 is 9.47 Å². The molecule has 0 fully saturated rings. The standard InChI is InChI=1S/C26H44O2/c1-5-8-10-11-14-17-24(21-26(27-7-3)20-13-9-6-2)23(4)22-28-25-18-15-12-16-19-25/h7,12,15-16,18-19,23-24,26H,3,5-6,8-11,13-14,17,20-22H2,1-2,4H3. The highest BCUT2D eigenvalue weighted by atomic mass is 16.5. The maximum Gasteiger partial charge on any atom is 0.119 e. The molecule has 3 atom stereocenters. The molecule has 0 radical (unpaired) electrons. The van der Waals surface area contributed by atoms with E-state index in [1.807, 2.05) is 30.3 Å². The molecule has 0 aliphatic carbocycles. The summed E-state index contributed by atoms with van der Waals surface area (Å²) < 4.78 is 12.0. The van der Waals surface area contributed by atoms with Crippen LogP contribution in [0, 0.1) is 11.8 Å². The summed E-state index contributed by atoms with van der Waals surface area (Å²) in [6.07, 6.45) is 15.9. The van der Waals surface area contributed by atoms with Crippen LogP contribution in [0.3, 0.4) is 0 Å². The predicted octanol–water partition coefficient (Wildman–Crippen LogP) is 8.18. The first-order valence-corrected chi connectivity index (χ1v) is 11.6. The van der Waals surface area contributed by atoms with Crippen LogP contribution in [0.1, 0.15) is 91.4 Å². The van der Waals surface area contributed by atoms with E-state index in [9.17, 15) is 0 Å². The van der Waals surface area contributed by atoms with Crippen LogP contribution in [0.25, 0.3) is 0 Å². The second kappa shape index (κ2) is 16.5. The molecular formula is C26H44O2. The third-order valence-corrected chi connectivity index (χ3v) is 5.72. The minimum absolute atomic E-state index is 0.295. The van der Waals surface area contributed by atoms with Crippen LogP contribution in [0.15, 0.2) is 43.2 Å². The second-order valence-corrected chi connectivity index (χ2v) is 8.22. The van der Waals surface area contributed by atoms with Gasteiger partial charge in [0.15, 0.2) is 0 Å². The number of para-hydroxylation sites is 1. The molecule has 0 heterocycles.